The third-order valence-electron chi connectivity index (χ3n) is 8.80. The number of hydrogen-bond acceptors (Lipinski definition) is 2. The molecule has 0 radical (unpaired) electrons. The van der Waals surface area contributed by atoms with E-state index in [0.717, 1.165) is 35.2 Å². The van der Waals surface area contributed by atoms with Crippen LogP contribution in [-0.4, -0.2) is 17.7 Å². The molecule has 0 bridgehead atoms. The molecule has 6 atom stereocenters. The van der Waals surface area contributed by atoms with Gasteiger partial charge in [0.1, 0.15) is 0 Å². The number of rotatable bonds is 2. The lowest BCUT2D eigenvalue weighted by Crippen LogP contribution is -2.52. The fourth-order valence-electron chi connectivity index (χ4n) is 7.47. The molecule has 4 heteroatoms. The summed E-state index contributed by atoms with van der Waals surface area (Å²) >= 11 is 2.32. The lowest BCUT2D eigenvalue weighted by atomic mass is 9.47. The van der Waals surface area contributed by atoms with E-state index >= 15 is 0 Å². The summed E-state index contributed by atoms with van der Waals surface area (Å²) in [4.78, 5) is 25.2. The predicted octanol–water partition coefficient (Wildman–Crippen LogP) is 5.42. The van der Waals surface area contributed by atoms with Gasteiger partial charge in [0, 0.05) is 18.4 Å². The molecular weight excluding hydrogens is 449 g/mol. The first kappa shape index (κ1) is 19.9. The minimum atomic E-state index is 0.162. The zero-order chi connectivity index (χ0) is 19.6. The molecule has 0 aliphatic heterocycles. The molecule has 4 aliphatic rings. The molecule has 3 fully saturated rings. The Labute approximate surface area is 177 Å². The highest BCUT2D eigenvalue weighted by molar-refractivity contribution is 14.1. The maximum atomic E-state index is 12.9. The first-order valence-corrected chi connectivity index (χ1v) is 12.0. The number of hydrogen-bond donors (Lipinski definition) is 1. The number of allylic oxidation sites excluding steroid dienone is 1. The van der Waals surface area contributed by atoms with Gasteiger partial charge >= 0.3 is 0 Å². The average Bonchev–Trinajstić information content (AvgIpc) is 2.95. The van der Waals surface area contributed by atoms with Crippen LogP contribution in [0.1, 0.15) is 79.1 Å². The van der Waals surface area contributed by atoms with Gasteiger partial charge < -0.3 is 5.32 Å². The maximum absolute atomic E-state index is 12.9. The summed E-state index contributed by atoms with van der Waals surface area (Å²) in [6.45, 7) is 8.98. The molecule has 0 aromatic carbocycles. The Balaban J connectivity index is 1.62. The van der Waals surface area contributed by atoms with Crippen molar-refractivity contribution in [1.82, 2.24) is 5.32 Å². The summed E-state index contributed by atoms with van der Waals surface area (Å²) in [6, 6.07) is 0.222. The molecule has 1 N–H and O–H groups in total. The normalized spacial score (nSPS) is 44.0. The number of Topliss-reactive ketones (excluding diaryl/α,β-unsaturated/α-hetero) is 1. The molecule has 3 nitrogen and oxygen atoms in total. The average molecular weight is 483 g/mol. The van der Waals surface area contributed by atoms with Gasteiger partial charge in [-0.05, 0) is 116 Å². The third kappa shape index (κ3) is 2.95. The monoisotopic (exact) mass is 483 g/mol. The van der Waals surface area contributed by atoms with Crippen molar-refractivity contribution in [2.24, 2.45) is 34.5 Å². The Bertz CT molecular complexity index is 698. The van der Waals surface area contributed by atoms with Crippen molar-refractivity contribution >= 4 is 34.3 Å². The van der Waals surface area contributed by atoms with E-state index < -0.39 is 0 Å². The van der Waals surface area contributed by atoms with E-state index in [-0.39, 0.29) is 28.7 Å². The smallest absolute Gasteiger partial charge is 0.223 e. The predicted molar refractivity (Wildman–Crippen MR) is 116 cm³/mol. The highest BCUT2D eigenvalue weighted by Gasteiger charge is 2.60. The Hall–Kier alpha value is -0.390. The molecule has 0 saturated heterocycles. The van der Waals surface area contributed by atoms with E-state index in [1.165, 1.54) is 31.3 Å². The van der Waals surface area contributed by atoms with Gasteiger partial charge in [-0.3, -0.25) is 9.59 Å². The van der Waals surface area contributed by atoms with Gasteiger partial charge in [0.25, 0.3) is 0 Å². The van der Waals surface area contributed by atoms with Crippen LogP contribution < -0.4 is 5.32 Å². The number of halogens is 1. The first-order chi connectivity index (χ1) is 12.7. The van der Waals surface area contributed by atoms with E-state index in [2.05, 4.69) is 55.6 Å². The van der Waals surface area contributed by atoms with Crippen molar-refractivity contribution in [1.29, 1.82) is 0 Å². The van der Waals surface area contributed by atoms with Crippen LogP contribution in [0.4, 0.5) is 0 Å². The zero-order valence-electron chi connectivity index (χ0n) is 17.2. The summed E-state index contributed by atoms with van der Waals surface area (Å²) in [7, 11) is 0. The van der Waals surface area contributed by atoms with E-state index in [4.69, 9.17) is 0 Å². The molecule has 150 valence electrons. The fraction of sp³-hybridized carbons (Fsp3) is 0.826. The standard InChI is InChI=1S/C23H34INO2/c1-13(2)25-21(27)18-8-7-15-14-5-6-17-20(24)19(26)10-12-22(17,3)16(14)9-11-23(15,18)4/h13-16,18H,5-12H2,1-4H3,(H,25,27)/t14-,15-,16-,18+,22+,23-/m0/s1. The number of ketones is 1. The Morgan fingerprint density at radius 3 is 2.52 bits per heavy atom. The summed E-state index contributed by atoms with van der Waals surface area (Å²) < 4.78 is 1.05. The Kier molecular flexibility index (Phi) is 5.04. The van der Waals surface area contributed by atoms with Gasteiger partial charge in [-0.25, -0.2) is 0 Å². The van der Waals surface area contributed by atoms with Crippen LogP contribution in [0.25, 0.3) is 0 Å². The molecule has 0 aromatic rings. The number of fused-ring (bicyclic) bond motifs is 5. The molecule has 3 saturated carbocycles. The zero-order valence-corrected chi connectivity index (χ0v) is 19.4. The van der Waals surface area contributed by atoms with E-state index in [0.29, 0.717) is 17.6 Å². The lowest BCUT2D eigenvalue weighted by molar-refractivity contribution is -0.133. The molecule has 27 heavy (non-hydrogen) atoms. The summed E-state index contributed by atoms with van der Waals surface area (Å²) in [5.74, 6) is 2.94. The maximum Gasteiger partial charge on any atom is 0.223 e. The van der Waals surface area contributed by atoms with Gasteiger partial charge in [0.15, 0.2) is 5.78 Å². The quantitative estimate of drug-likeness (QED) is 0.533. The third-order valence-corrected chi connectivity index (χ3v) is 10.1. The van der Waals surface area contributed by atoms with Crippen LogP contribution >= 0.6 is 22.6 Å². The second-order valence-electron chi connectivity index (χ2n) is 10.4. The number of carbonyl (C=O) groups is 2. The van der Waals surface area contributed by atoms with Crippen molar-refractivity contribution in [2.45, 2.75) is 85.1 Å². The topological polar surface area (TPSA) is 46.2 Å². The Morgan fingerprint density at radius 1 is 1.07 bits per heavy atom. The van der Waals surface area contributed by atoms with E-state index in [1.54, 1.807) is 0 Å². The van der Waals surface area contributed by atoms with Crippen LogP contribution in [0.2, 0.25) is 0 Å². The van der Waals surface area contributed by atoms with Crippen molar-refractivity contribution in [3.8, 4) is 0 Å². The summed E-state index contributed by atoms with van der Waals surface area (Å²) in [5, 5.41) is 3.19. The number of carbonyl (C=O) groups excluding carboxylic acids is 2. The number of amides is 1. The first-order valence-electron chi connectivity index (χ1n) is 10.9. The number of nitrogens with one attached hydrogen (secondary N) is 1. The van der Waals surface area contributed by atoms with Crippen LogP contribution in [-0.2, 0) is 9.59 Å². The minimum absolute atomic E-state index is 0.162. The molecule has 0 unspecified atom stereocenters. The SMILES string of the molecule is CC(C)NC(=O)[C@H]1CC[C@H]2[C@@H]3CCC4=C(I)C(=O)CC[C@]4(C)[C@H]3CC[C@]12C. The second-order valence-corrected chi connectivity index (χ2v) is 11.5. The molecular formula is C23H34INO2. The largest absolute Gasteiger partial charge is 0.354 e. The van der Waals surface area contributed by atoms with Gasteiger partial charge in [0.2, 0.25) is 5.91 Å². The lowest BCUT2D eigenvalue weighted by Gasteiger charge is -2.58. The van der Waals surface area contributed by atoms with Gasteiger partial charge in [-0.1, -0.05) is 13.8 Å². The van der Waals surface area contributed by atoms with Crippen LogP contribution in [0.15, 0.2) is 9.15 Å². The molecule has 0 aromatic heterocycles. The van der Waals surface area contributed by atoms with E-state index in [9.17, 15) is 9.59 Å². The van der Waals surface area contributed by atoms with E-state index in [1.807, 2.05) is 0 Å². The van der Waals surface area contributed by atoms with Gasteiger partial charge in [-0.15, -0.1) is 0 Å². The minimum Gasteiger partial charge on any atom is -0.354 e. The fourth-order valence-corrected chi connectivity index (χ4v) is 8.62. The van der Waals surface area contributed by atoms with Crippen molar-refractivity contribution < 1.29 is 9.59 Å². The Morgan fingerprint density at radius 2 is 1.81 bits per heavy atom. The molecule has 1 amide bonds. The summed E-state index contributed by atoms with van der Waals surface area (Å²) in [5.41, 5.74) is 1.85. The highest BCUT2D eigenvalue weighted by Crippen LogP contribution is 2.67. The second kappa shape index (κ2) is 6.84. The molecule has 0 spiro atoms. The summed E-state index contributed by atoms with van der Waals surface area (Å²) in [6.07, 6.45) is 8.73. The van der Waals surface area contributed by atoms with Crippen molar-refractivity contribution in [3.63, 3.8) is 0 Å². The van der Waals surface area contributed by atoms with Crippen molar-refractivity contribution in [3.05, 3.63) is 9.15 Å². The van der Waals surface area contributed by atoms with Crippen LogP contribution in [0.5, 0.6) is 0 Å². The highest BCUT2D eigenvalue weighted by atomic mass is 127. The van der Waals surface area contributed by atoms with Gasteiger partial charge in [0.05, 0.1) is 3.58 Å². The van der Waals surface area contributed by atoms with Crippen LogP contribution in [0.3, 0.4) is 0 Å². The van der Waals surface area contributed by atoms with Crippen molar-refractivity contribution in [2.75, 3.05) is 0 Å². The molecule has 4 rings (SSSR count). The van der Waals surface area contributed by atoms with Gasteiger partial charge in [-0.2, -0.15) is 0 Å². The molecule has 4 aliphatic carbocycles. The molecule has 0 heterocycles. The van der Waals surface area contributed by atoms with Crippen LogP contribution in [0, 0.1) is 34.5 Å².